The van der Waals surface area contributed by atoms with Gasteiger partial charge in [0.1, 0.15) is 18.1 Å². The van der Waals surface area contributed by atoms with E-state index >= 15 is 0 Å². The zero-order valence-electron chi connectivity index (χ0n) is 23.6. The number of H-pyrrole nitrogens is 1. The number of hydrogen-bond acceptors (Lipinski definition) is 7. The summed E-state index contributed by atoms with van der Waals surface area (Å²) in [6.07, 6.45) is 2.11. The second kappa shape index (κ2) is 16.0. The molecule has 0 aliphatic heterocycles. The highest BCUT2D eigenvalue weighted by molar-refractivity contribution is 5.96. The van der Waals surface area contributed by atoms with Crippen LogP contribution in [-0.2, 0) is 36.8 Å². The SMILES string of the molecule is NCCCCC(NC(=O)C(CC(=O)O)NC(=O)C(N)Cc1ccccc1)C(=O)NC(Cc1c[nH]c2ccccc12)C(=O)O. The number of carboxylic acids is 2. The lowest BCUT2D eigenvalue weighted by Crippen LogP contribution is -2.57. The molecule has 43 heavy (non-hydrogen) atoms. The van der Waals surface area contributed by atoms with Crippen LogP contribution >= 0.6 is 0 Å². The maximum atomic E-state index is 13.3. The fourth-order valence-corrected chi connectivity index (χ4v) is 4.65. The lowest BCUT2D eigenvalue weighted by atomic mass is 10.0. The van der Waals surface area contributed by atoms with Crippen LogP contribution in [0.1, 0.15) is 36.8 Å². The molecule has 0 aliphatic carbocycles. The van der Waals surface area contributed by atoms with E-state index in [9.17, 15) is 34.2 Å². The standard InChI is InChI=1S/C30H38N6O7/c31-13-7-6-12-23(28(40)36-25(30(42)43)15-19-17-33-22-11-5-4-10-20(19)22)34-29(41)24(16-26(37)38)35-27(39)21(32)14-18-8-2-1-3-9-18/h1-5,8-11,17,21,23-25,33H,6-7,12-16,31-32H2,(H,34,41)(H,35,39)(H,36,40)(H,37,38)(H,42,43). The molecule has 4 atom stereocenters. The van der Waals surface area contributed by atoms with Crippen molar-refractivity contribution in [3.63, 3.8) is 0 Å². The van der Waals surface area contributed by atoms with Crippen molar-refractivity contribution in [3.05, 3.63) is 71.9 Å². The van der Waals surface area contributed by atoms with E-state index in [1.165, 1.54) is 0 Å². The zero-order chi connectivity index (χ0) is 31.4. The number of carboxylic acid groups (broad SMARTS) is 2. The minimum Gasteiger partial charge on any atom is -0.481 e. The number of nitrogens with two attached hydrogens (primary N) is 2. The van der Waals surface area contributed by atoms with Crippen LogP contribution in [0.25, 0.3) is 10.9 Å². The number of aromatic nitrogens is 1. The third-order valence-electron chi connectivity index (χ3n) is 6.94. The van der Waals surface area contributed by atoms with E-state index in [4.69, 9.17) is 11.5 Å². The highest BCUT2D eigenvalue weighted by atomic mass is 16.4. The molecule has 230 valence electrons. The lowest BCUT2D eigenvalue weighted by molar-refractivity contribution is -0.143. The van der Waals surface area contributed by atoms with Gasteiger partial charge in [0.25, 0.3) is 0 Å². The molecular weight excluding hydrogens is 556 g/mol. The van der Waals surface area contributed by atoms with Gasteiger partial charge in [-0.2, -0.15) is 0 Å². The molecule has 4 unspecified atom stereocenters. The lowest BCUT2D eigenvalue weighted by Gasteiger charge is -2.25. The van der Waals surface area contributed by atoms with Gasteiger partial charge in [-0.15, -0.1) is 0 Å². The van der Waals surface area contributed by atoms with Gasteiger partial charge in [0.15, 0.2) is 0 Å². The molecule has 2 aromatic carbocycles. The monoisotopic (exact) mass is 594 g/mol. The number of para-hydroxylation sites is 1. The number of rotatable bonds is 17. The van der Waals surface area contributed by atoms with E-state index in [0.29, 0.717) is 24.9 Å². The number of fused-ring (bicyclic) bond motifs is 1. The normalized spacial score (nSPS) is 13.8. The fourth-order valence-electron chi connectivity index (χ4n) is 4.65. The second-order valence-electron chi connectivity index (χ2n) is 10.3. The number of amides is 3. The van der Waals surface area contributed by atoms with Crippen molar-refractivity contribution in [1.82, 2.24) is 20.9 Å². The number of aliphatic carboxylic acids is 2. The molecule has 0 saturated carbocycles. The Labute approximate surface area is 248 Å². The molecule has 3 aromatic rings. The molecule has 10 N–H and O–H groups in total. The first-order valence-electron chi connectivity index (χ1n) is 14.0. The Morgan fingerprint density at radius 3 is 2.07 bits per heavy atom. The van der Waals surface area contributed by atoms with Gasteiger partial charge in [0.05, 0.1) is 12.5 Å². The van der Waals surface area contributed by atoms with Gasteiger partial charge < -0.3 is 42.6 Å². The summed E-state index contributed by atoms with van der Waals surface area (Å²) < 4.78 is 0. The Morgan fingerprint density at radius 1 is 0.767 bits per heavy atom. The van der Waals surface area contributed by atoms with Gasteiger partial charge in [0, 0.05) is 23.5 Å². The van der Waals surface area contributed by atoms with Crippen LogP contribution < -0.4 is 27.4 Å². The van der Waals surface area contributed by atoms with Crippen LogP contribution in [-0.4, -0.2) is 75.6 Å². The molecule has 0 radical (unpaired) electrons. The van der Waals surface area contributed by atoms with E-state index in [1.807, 2.05) is 30.3 Å². The molecule has 0 bridgehead atoms. The summed E-state index contributed by atoms with van der Waals surface area (Å²) in [6, 6.07) is 11.2. The molecule has 13 heteroatoms. The Bertz CT molecular complexity index is 1410. The molecule has 0 aliphatic rings. The van der Waals surface area contributed by atoms with Crippen molar-refractivity contribution < 1.29 is 34.2 Å². The molecule has 0 spiro atoms. The summed E-state index contributed by atoms with van der Waals surface area (Å²) in [5.41, 5.74) is 13.9. The Morgan fingerprint density at radius 2 is 1.40 bits per heavy atom. The average Bonchev–Trinajstić information content (AvgIpc) is 3.38. The summed E-state index contributed by atoms with van der Waals surface area (Å²) in [6.45, 7) is 0.331. The maximum Gasteiger partial charge on any atom is 0.326 e. The van der Waals surface area contributed by atoms with Crippen molar-refractivity contribution in [1.29, 1.82) is 0 Å². The molecule has 0 fully saturated rings. The first kappa shape index (κ1) is 32.8. The van der Waals surface area contributed by atoms with E-state index in [1.54, 1.807) is 30.5 Å². The number of unbranched alkanes of at least 4 members (excludes halogenated alkanes) is 1. The Balaban J connectivity index is 1.72. The summed E-state index contributed by atoms with van der Waals surface area (Å²) in [5.74, 6) is -5.04. The van der Waals surface area contributed by atoms with Crippen LogP contribution in [0.5, 0.6) is 0 Å². The van der Waals surface area contributed by atoms with Crippen molar-refractivity contribution in [2.45, 2.75) is 62.7 Å². The summed E-state index contributed by atoms with van der Waals surface area (Å²) >= 11 is 0. The largest absolute Gasteiger partial charge is 0.481 e. The van der Waals surface area contributed by atoms with Crippen LogP contribution in [0.15, 0.2) is 60.8 Å². The van der Waals surface area contributed by atoms with Crippen molar-refractivity contribution in [2.24, 2.45) is 11.5 Å². The van der Waals surface area contributed by atoms with Gasteiger partial charge in [-0.3, -0.25) is 19.2 Å². The number of aromatic amines is 1. The minimum atomic E-state index is -1.53. The van der Waals surface area contributed by atoms with Crippen LogP contribution in [0.3, 0.4) is 0 Å². The summed E-state index contributed by atoms with van der Waals surface area (Å²) in [4.78, 5) is 66.0. The summed E-state index contributed by atoms with van der Waals surface area (Å²) in [7, 11) is 0. The van der Waals surface area contributed by atoms with Crippen molar-refractivity contribution in [2.75, 3.05) is 6.54 Å². The predicted molar refractivity (Wildman–Crippen MR) is 159 cm³/mol. The van der Waals surface area contributed by atoms with Crippen LogP contribution in [0.4, 0.5) is 0 Å². The van der Waals surface area contributed by atoms with Gasteiger partial charge in [-0.05, 0) is 49.4 Å². The van der Waals surface area contributed by atoms with Crippen molar-refractivity contribution in [3.8, 4) is 0 Å². The highest BCUT2D eigenvalue weighted by Crippen LogP contribution is 2.19. The average molecular weight is 595 g/mol. The second-order valence-corrected chi connectivity index (χ2v) is 10.3. The number of carbonyl (C=O) groups is 5. The topological polar surface area (TPSA) is 230 Å². The Hall–Kier alpha value is -4.75. The van der Waals surface area contributed by atoms with E-state index in [-0.39, 0.29) is 19.3 Å². The summed E-state index contributed by atoms with van der Waals surface area (Å²) in [5, 5.41) is 27.4. The van der Waals surface area contributed by atoms with E-state index < -0.39 is 60.2 Å². The van der Waals surface area contributed by atoms with Gasteiger partial charge in [0.2, 0.25) is 17.7 Å². The van der Waals surface area contributed by atoms with Crippen molar-refractivity contribution >= 4 is 40.6 Å². The first-order chi connectivity index (χ1) is 20.6. The van der Waals surface area contributed by atoms with E-state index in [2.05, 4.69) is 20.9 Å². The third-order valence-corrected chi connectivity index (χ3v) is 6.94. The fraction of sp³-hybridized carbons (Fsp3) is 0.367. The molecule has 13 nitrogen and oxygen atoms in total. The quantitative estimate of drug-likeness (QED) is 0.101. The smallest absolute Gasteiger partial charge is 0.326 e. The number of benzene rings is 2. The third kappa shape index (κ3) is 9.94. The van der Waals surface area contributed by atoms with E-state index in [0.717, 1.165) is 16.5 Å². The van der Waals surface area contributed by atoms with Gasteiger partial charge in [-0.25, -0.2) is 4.79 Å². The predicted octanol–water partition coefficient (Wildman–Crippen LogP) is 0.423. The number of carbonyl (C=O) groups excluding carboxylic acids is 3. The molecule has 1 heterocycles. The maximum absolute atomic E-state index is 13.3. The Kier molecular flexibility index (Phi) is 12.2. The molecule has 3 rings (SSSR count). The van der Waals surface area contributed by atoms with Crippen LogP contribution in [0, 0.1) is 0 Å². The van der Waals surface area contributed by atoms with Crippen LogP contribution in [0.2, 0.25) is 0 Å². The minimum absolute atomic E-state index is 0.0223. The molecule has 0 saturated heterocycles. The molecular formula is C30H38N6O7. The highest BCUT2D eigenvalue weighted by Gasteiger charge is 2.31. The first-order valence-corrected chi connectivity index (χ1v) is 14.0. The van der Waals surface area contributed by atoms with Gasteiger partial charge in [-0.1, -0.05) is 48.5 Å². The van der Waals surface area contributed by atoms with Gasteiger partial charge >= 0.3 is 11.9 Å². The molecule has 3 amide bonds. The number of nitrogens with one attached hydrogen (secondary N) is 4. The molecule has 1 aromatic heterocycles. The zero-order valence-corrected chi connectivity index (χ0v) is 23.6. The number of hydrogen-bond donors (Lipinski definition) is 8.